The van der Waals surface area contributed by atoms with Gasteiger partial charge < -0.3 is 0 Å². The largest absolute Gasteiger partial charge is 0.250 e. The summed E-state index contributed by atoms with van der Waals surface area (Å²) in [6, 6.07) is 7.31. The van der Waals surface area contributed by atoms with Crippen LogP contribution in [0.3, 0.4) is 0 Å². The van der Waals surface area contributed by atoms with Crippen molar-refractivity contribution in [1.29, 1.82) is 0 Å². The van der Waals surface area contributed by atoms with Gasteiger partial charge in [0.25, 0.3) is 0 Å². The van der Waals surface area contributed by atoms with Crippen LogP contribution in [-0.2, 0) is 16.6 Å². The summed E-state index contributed by atoms with van der Waals surface area (Å²) in [5.41, 5.74) is 1.59. The van der Waals surface area contributed by atoms with Gasteiger partial charge in [-0.15, -0.1) is 11.3 Å². The average molecular weight is 364 g/mol. The zero-order valence-corrected chi connectivity index (χ0v) is 13.2. The minimum atomic E-state index is -3.53. The van der Waals surface area contributed by atoms with Crippen molar-refractivity contribution in [3.8, 4) is 0 Å². The van der Waals surface area contributed by atoms with Crippen molar-refractivity contribution in [2.24, 2.45) is 0 Å². The highest BCUT2D eigenvalue weighted by atomic mass is 79.9. The van der Waals surface area contributed by atoms with Gasteiger partial charge in [0.1, 0.15) is 10.0 Å². The second kappa shape index (κ2) is 5.70. The maximum Gasteiger partial charge on any atom is 0.250 e. The first-order valence-electron chi connectivity index (χ1n) is 5.38. The lowest BCUT2D eigenvalue weighted by Gasteiger charge is -2.04. The van der Waals surface area contributed by atoms with Crippen LogP contribution in [0.15, 0.2) is 38.3 Å². The minimum absolute atomic E-state index is 0.136. The van der Waals surface area contributed by atoms with E-state index in [2.05, 4.69) is 20.7 Å². The van der Waals surface area contributed by atoms with Gasteiger partial charge in [-0.25, -0.2) is 17.5 Å². The lowest BCUT2D eigenvalue weighted by atomic mass is 10.2. The monoisotopic (exact) mass is 363 g/mol. The maximum atomic E-state index is 12.7. The third kappa shape index (κ3) is 3.62. The fraction of sp³-hybridized carbons (Fsp3) is 0.167. The highest BCUT2D eigenvalue weighted by molar-refractivity contribution is 9.11. The fourth-order valence-electron chi connectivity index (χ4n) is 1.42. The van der Waals surface area contributed by atoms with Crippen LogP contribution in [0, 0.1) is 12.7 Å². The van der Waals surface area contributed by atoms with Crippen molar-refractivity contribution < 1.29 is 12.8 Å². The van der Waals surface area contributed by atoms with Crippen molar-refractivity contribution >= 4 is 37.3 Å². The Hall–Kier alpha value is -0.760. The Morgan fingerprint density at radius 2 is 1.95 bits per heavy atom. The number of thiophene rings is 1. The van der Waals surface area contributed by atoms with Crippen LogP contribution in [0.1, 0.15) is 11.1 Å². The molecule has 0 aliphatic carbocycles. The maximum absolute atomic E-state index is 12.7. The number of halogens is 2. The van der Waals surface area contributed by atoms with Gasteiger partial charge in [0.2, 0.25) is 10.0 Å². The van der Waals surface area contributed by atoms with Crippen LogP contribution in [-0.4, -0.2) is 8.42 Å². The van der Waals surface area contributed by atoms with Gasteiger partial charge in [0.15, 0.2) is 0 Å². The molecule has 0 radical (unpaired) electrons. The molecule has 3 nitrogen and oxygen atoms in total. The van der Waals surface area contributed by atoms with E-state index in [4.69, 9.17) is 0 Å². The lowest BCUT2D eigenvalue weighted by Crippen LogP contribution is -2.22. The summed E-state index contributed by atoms with van der Waals surface area (Å²) < 4.78 is 40.4. The normalized spacial score (nSPS) is 11.7. The first-order chi connectivity index (χ1) is 8.88. The van der Waals surface area contributed by atoms with Crippen LogP contribution in [0.25, 0.3) is 0 Å². The topological polar surface area (TPSA) is 46.2 Å². The molecule has 1 aromatic carbocycles. The second-order valence-electron chi connectivity index (χ2n) is 3.97. The van der Waals surface area contributed by atoms with Crippen LogP contribution in [0.5, 0.6) is 0 Å². The van der Waals surface area contributed by atoms with Crippen molar-refractivity contribution in [2.75, 3.05) is 0 Å². The molecule has 19 heavy (non-hydrogen) atoms. The minimum Gasteiger partial charge on any atom is -0.207 e. The molecule has 0 bridgehead atoms. The first-order valence-corrected chi connectivity index (χ1v) is 8.48. The summed E-state index contributed by atoms with van der Waals surface area (Å²) in [7, 11) is -3.53. The zero-order chi connectivity index (χ0) is 14.0. The molecule has 102 valence electrons. The Labute approximate surface area is 123 Å². The summed E-state index contributed by atoms with van der Waals surface area (Å²) in [5, 5.41) is 0. The number of nitrogens with one attached hydrogen (secondary N) is 1. The number of hydrogen-bond acceptors (Lipinski definition) is 3. The van der Waals surface area contributed by atoms with Crippen molar-refractivity contribution in [3.05, 3.63) is 51.1 Å². The number of sulfonamides is 1. The van der Waals surface area contributed by atoms with E-state index in [9.17, 15) is 12.8 Å². The molecule has 0 aliphatic rings. The number of hydrogen-bond donors (Lipinski definition) is 1. The molecule has 1 heterocycles. The smallest absolute Gasteiger partial charge is 0.207 e. The molecule has 0 aliphatic heterocycles. The van der Waals surface area contributed by atoms with Crippen molar-refractivity contribution in [3.63, 3.8) is 0 Å². The molecule has 0 amide bonds. The molecule has 2 aromatic rings. The Bertz CT molecular complexity index is 661. The summed E-state index contributed by atoms with van der Waals surface area (Å²) >= 11 is 4.46. The van der Waals surface area contributed by atoms with Gasteiger partial charge in [-0.05, 0) is 52.2 Å². The van der Waals surface area contributed by atoms with Gasteiger partial charge in [-0.2, -0.15) is 0 Å². The first kappa shape index (κ1) is 14.6. The summed E-state index contributed by atoms with van der Waals surface area (Å²) in [5.74, 6) is -0.343. The zero-order valence-electron chi connectivity index (χ0n) is 9.98. The number of benzene rings is 1. The van der Waals surface area contributed by atoms with Crippen molar-refractivity contribution in [1.82, 2.24) is 4.72 Å². The SMILES string of the molecule is Cc1cc(S(=O)(=O)NCc2ccc(F)cc2)sc1Br. The predicted octanol–water partition coefficient (Wildman–Crippen LogP) is 3.44. The molecule has 1 N–H and O–H groups in total. The fourth-order valence-corrected chi connectivity index (χ4v) is 4.70. The van der Waals surface area contributed by atoms with E-state index in [1.54, 1.807) is 18.2 Å². The van der Waals surface area contributed by atoms with E-state index >= 15 is 0 Å². The van der Waals surface area contributed by atoms with E-state index in [1.165, 1.54) is 23.5 Å². The van der Waals surface area contributed by atoms with Crippen LogP contribution in [0.2, 0.25) is 0 Å². The molecular weight excluding hydrogens is 353 g/mol. The predicted molar refractivity (Wildman–Crippen MR) is 77.2 cm³/mol. The average Bonchev–Trinajstić information content (AvgIpc) is 2.70. The van der Waals surface area contributed by atoms with E-state index < -0.39 is 10.0 Å². The van der Waals surface area contributed by atoms with E-state index in [0.717, 1.165) is 9.35 Å². The summed E-state index contributed by atoms with van der Waals surface area (Å²) in [4.78, 5) is 0. The van der Waals surface area contributed by atoms with Gasteiger partial charge in [0, 0.05) is 6.54 Å². The third-order valence-corrected chi connectivity index (χ3v) is 6.49. The van der Waals surface area contributed by atoms with E-state index in [1.807, 2.05) is 6.92 Å². The van der Waals surface area contributed by atoms with E-state index in [-0.39, 0.29) is 16.6 Å². The quantitative estimate of drug-likeness (QED) is 0.904. The van der Waals surface area contributed by atoms with Crippen LogP contribution in [0.4, 0.5) is 4.39 Å². The molecule has 0 unspecified atom stereocenters. The third-order valence-electron chi connectivity index (χ3n) is 2.48. The Morgan fingerprint density at radius 1 is 1.32 bits per heavy atom. The number of aryl methyl sites for hydroxylation is 1. The Balaban J connectivity index is 2.11. The Morgan fingerprint density at radius 3 is 2.47 bits per heavy atom. The molecule has 0 spiro atoms. The van der Waals surface area contributed by atoms with Crippen LogP contribution >= 0.6 is 27.3 Å². The molecule has 7 heteroatoms. The van der Waals surface area contributed by atoms with Crippen molar-refractivity contribution in [2.45, 2.75) is 17.7 Å². The van der Waals surface area contributed by atoms with Gasteiger partial charge in [-0.1, -0.05) is 12.1 Å². The highest BCUT2D eigenvalue weighted by Crippen LogP contribution is 2.30. The molecule has 1 aromatic heterocycles. The van der Waals surface area contributed by atoms with Gasteiger partial charge >= 0.3 is 0 Å². The summed E-state index contributed by atoms with van der Waals surface area (Å²) in [6.07, 6.45) is 0. The highest BCUT2D eigenvalue weighted by Gasteiger charge is 2.17. The molecule has 0 fully saturated rings. The standard InChI is InChI=1S/C12H11BrFNO2S2/c1-8-6-11(18-12(8)13)19(16,17)15-7-9-2-4-10(14)5-3-9/h2-6,15H,7H2,1H3. The van der Waals surface area contributed by atoms with Gasteiger partial charge in [0.05, 0.1) is 3.79 Å². The molecule has 2 rings (SSSR count). The Kier molecular flexibility index (Phi) is 4.39. The molecule has 0 saturated carbocycles. The summed E-state index contributed by atoms with van der Waals surface area (Å²) in [6.45, 7) is 1.97. The molecule has 0 atom stereocenters. The number of rotatable bonds is 4. The van der Waals surface area contributed by atoms with E-state index in [0.29, 0.717) is 5.56 Å². The lowest BCUT2D eigenvalue weighted by molar-refractivity contribution is 0.583. The van der Waals surface area contributed by atoms with Crippen LogP contribution < -0.4 is 4.72 Å². The second-order valence-corrected chi connectivity index (χ2v) is 8.34. The molecular formula is C12H11BrFNO2S2. The molecule has 0 saturated heterocycles. The van der Waals surface area contributed by atoms with Gasteiger partial charge in [-0.3, -0.25) is 0 Å².